The van der Waals surface area contributed by atoms with E-state index < -0.39 is 0 Å². The van der Waals surface area contributed by atoms with Crippen LogP contribution in [0.25, 0.3) is 11.0 Å². The van der Waals surface area contributed by atoms with Gasteiger partial charge in [0.05, 0.1) is 11.6 Å². The lowest BCUT2D eigenvalue weighted by atomic mass is 10.1. The second-order valence-electron chi connectivity index (χ2n) is 5.56. The summed E-state index contributed by atoms with van der Waals surface area (Å²) < 4.78 is 10.9. The molecule has 0 saturated heterocycles. The van der Waals surface area contributed by atoms with Gasteiger partial charge in [0, 0.05) is 24.6 Å². The molecule has 0 bridgehead atoms. The van der Waals surface area contributed by atoms with Gasteiger partial charge in [0.1, 0.15) is 0 Å². The number of methoxy groups -OCH3 is 1. The van der Waals surface area contributed by atoms with E-state index in [2.05, 4.69) is 5.32 Å². The van der Waals surface area contributed by atoms with Crippen molar-refractivity contribution in [3.63, 3.8) is 0 Å². The summed E-state index contributed by atoms with van der Waals surface area (Å²) in [7, 11) is 1.65. The van der Waals surface area contributed by atoms with Gasteiger partial charge in [0.2, 0.25) is 0 Å². The molecule has 3 rings (SSSR count). The molecule has 3 aromatic rings. The van der Waals surface area contributed by atoms with Gasteiger partial charge < -0.3 is 14.5 Å². The van der Waals surface area contributed by atoms with Crippen molar-refractivity contribution in [3.8, 4) is 0 Å². The Balaban J connectivity index is 1.81. The average molecular weight is 344 g/mol. The van der Waals surface area contributed by atoms with Crippen LogP contribution in [0.1, 0.15) is 27.2 Å². The minimum atomic E-state index is -0.257. The zero-order valence-corrected chi connectivity index (χ0v) is 14.3. The van der Waals surface area contributed by atoms with Crippen molar-refractivity contribution in [2.45, 2.75) is 20.1 Å². The molecule has 0 saturated carbocycles. The Morgan fingerprint density at radius 2 is 1.92 bits per heavy atom. The van der Waals surface area contributed by atoms with E-state index in [0.717, 1.165) is 22.1 Å². The normalized spacial score (nSPS) is 11.0. The molecule has 0 fully saturated rings. The topological polar surface area (TPSA) is 51.5 Å². The van der Waals surface area contributed by atoms with Crippen molar-refractivity contribution in [3.05, 3.63) is 69.9 Å². The number of hydrogen-bond donors (Lipinski definition) is 1. The van der Waals surface area contributed by atoms with Gasteiger partial charge in [-0.15, -0.1) is 0 Å². The number of benzene rings is 2. The van der Waals surface area contributed by atoms with Crippen LogP contribution in [0.3, 0.4) is 0 Å². The molecule has 0 aliphatic heterocycles. The number of amides is 1. The summed E-state index contributed by atoms with van der Waals surface area (Å²) in [6.07, 6.45) is 0. The highest BCUT2D eigenvalue weighted by molar-refractivity contribution is 6.35. The lowest BCUT2D eigenvalue weighted by Crippen LogP contribution is -2.23. The molecule has 1 N–H and O–H groups in total. The van der Waals surface area contributed by atoms with Gasteiger partial charge in [0.25, 0.3) is 5.91 Å². The molecule has 5 heteroatoms. The van der Waals surface area contributed by atoms with E-state index in [4.69, 9.17) is 20.8 Å². The van der Waals surface area contributed by atoms with E-state index in [1.54, 1.807) is 13.2 Å². The maximum atomic E-state index is 12.5. The zero-order valence-electron chi connectivity index (χ0n) is 13.6. The number of hydrogen-bond acceptors (Lipinski definition) is 3. The molecule has 0 aliphatic carbocycles. The van der Waals surface area contributed by atoms with Crippen LogP contribution in [0.2, 0.25) is 5.02 Å². The predicted molar refractivity (Wildman–Crippen MR) is 94.3 cm³/mol. The molecule has 0 aliphatic rings. The molecule has 0 atom stereocenters. The van der Waals surface area contributed by atoms with Crippen molar-refractivity contribution in [1.82, 2.24) is 5.32 Å². The summed E-state index contributed by atoms with van der Waals surface area (Å²) in [6, 6.07) is 13.3. The Morgan fingerprint density at radius 3 is 2.62 bits per heavy atom. The quantitative estimate of drug-likeness (QED) is 0.743. The summed E-state index contributed by atoms with van der Waals surface area (Å²) in [5, 5.41) is 4.26. The number of ether oxygens (including phenoxy) is 1. The van der Waals surface area contributed by atoms with Crippen LogP contribution in [-0.2, 0) is 17.9 Å². The van der Waals surface area contributed by atoms with Crippen LogP contribution in [0.15, 0.2) is 46.9 Å². The van der Waals surface area contributed by atoms with Gasteiger partial charge in [0.15, 0.2) is 11.3 Å². The van der Waals surface area contributed by atoms with E-state index in [9.17, 15) is 4.79 Å². The molecule has 0 spiro atoms. The first kappa shape index (κ1) is 16.6. The van der Waals surface area contributed by atoms with E-state index in [0.29, 0.717) is 29.5 Å². The molecule has 1 amide bonds. The standard InChI is InChI=1S/C19H18ClNO3/c1-12-15-8-5-9-16(20)18(15)24-17(12)19(22)21-10-13-6-3-4-7-14(13)11-23-2/h3-9H,10-11H2,1-2H3,(H,21,22). The second-order valence-corrected chi connectivity index (χ2v) is 5.96. The Labute approximate surface area is 145 Å². The molecule has 1 heterocycles. The van der Waals surface area contributed by atoms with Crippen LogP contribution in [0.4, 0.5) is 0 Å². The van der Waals surface area contributed by atoms with E-state index in [1.165, 1.54) is 0 Å². The van der Waals surface area contributed by atoms with Crippen LogP contribution >= 0.6 is 11.6 Å². The highest BCUT2D eigenvalue weighted by atomic mass is 35.5. The number of furan rings is 1. The molecule has 0 unspecified atom stereocenters. The Morgan fingerprint density at radius 1 is 1.17 bits per heavy atom. The molecule has 4 nitrogen and oxygen atoms in total. The third kappa shape index (κ3) is 3.16. The van der Waals surface area contributed by atoms with Crippen LogP contribution in [0.5, 0.6) is 0 Å². The monoisotopic (exact) mass is 343 g/mol. The lowest BCUT2D eigenvalue weighted by molar-refractivity contribution is 0.0924. The first-order valence-corrected chi connectivity index (χ1v) is 8.01. The highest BCUT2D eigenvalue weighted by Gasteiger charge is 2.19. The largest absolute Gasteiger partial charge is 0.449 e. The number of fused-ring (bicyclic) bond motifs is 1. The number of carbonyl (C=O) groups excluding carboxylic acids is 1. The SMILES string of the molecule is COCc1ccccc1CNC(=O)c1oc2c(Cl)cccc2c1C. The van der Waals surface area contributed by atoms with Gasteiger partial charge in [-0.1, -0.05) is 48.0 Å². The molecular weight excluding hydrogens is 326 g/mol. The third-order valence-electron chi connectivity index (χ3n) is 3.98. The van der Waals surface area contributed by atoms with Crippen molar-refractivity contribution in [2.75, 3.05) is 7.11 Å². The number of nitrogens with one attached hydrogen (secondary N) is 1. The number of aryl methyl sites for hydroxylation is 1. The lowest BCUT2D eigenvalue weighted by Gasteiger charge is -2.09. The molecular formula is C19H18ClNO3. The van der Waals surface area contributed by atoms with E-state index in [1.807, 2.05) is 43.3 Å². The zero-order chi connectivity index (χ0) is 17.1. The number of halogens is 1. The van der Waals surface area contributed by atoms with Crippen molar-refractivity contribution in [2.24, 2.45) is 0 Å². The van der Waals surface area contributed by atoms with Crippen LogP contribution in [0, 0.1) is 6.92 Å². The third-order valence-corrected chi connectivity index (χ3v) is 4.28. The average Bonchev–Trinajstić information content (AvgIpc) is 2.93. The molecule has 2 aromatic carbocycles. The summed E-state index contributed by atoms with van der Waals surface area (Å²) in [6.45, 7) is 2.77. The summed E-state index contributed by atoms with van der Waals surface area (Å²) in [5.41, 5.74) is 3.39. The predicted octanol–water partition coefficient (Wildman–Crippen LogP) is 4.47. The maximum Gasteiger partial charge on any atom is 0.287 e. The number of carbonyl (C=O) groups is 1. The van der Waals surface area contributed by atoms with Crippen molar-refractivity contribution in [1.29, 1.82) is 0 Å². The fourth-order valence-electron chi connectivity index (χ4n) is 2.71. The first-order chi connectivity index (χ1) is 11.6. The van der Waals surface area contributed by atoms with Crippen molar-refractivity contribution < 1.29 is 13.9 Å². The fourth-order valence-corrected chi connectivity index (χ4v) is 2.92. The molecule has 1 aromatic heterocycles. The number of para-hydroxylation sites is 1. The summed E-state index contributed by atoms with van der Waals surface area (Å²) in [4.78, 5) is 12.5. The molecule has 124 valence electrons. The maximum absolute atomic E-state index is 12.5. The van der Waals surface area contributed by atoms with E-state index in [-0.39, 0.29) is 5.91 Å². The number of rotatable bonds is 5. The minimum absolute atomic E-state index is 0.257. The Kier molecular flexibility index (Phi) is 4.88. The van der Waals surface area contributed by atoms with Crippen LogP contribution < -0.4 is 5.32 Å². The summed E-state index contributed by atoms with van der Waals surface area (Å²) in [5.74, 6) is 0.0364. The fraction of sp³-hybridized carbons (Fsp3) is 0.211. The Bertz CT molecular complexity index is 885. The van der Waals surface area contributed by atoms with Crippen molar-refractivity contribution >= 4 is 28.5 Å². The van der Waals surface area contributed by atoms with E-state index >= 15 is 0 Å². The highest BCUT2D eigenvalue weighted by Crippen LogP contribution is 2.30. The van der Waals surface area contributed by atoms with Gasteiger partial charge in [-0.2, -0.15) is 0 Å². The molecule has 24 heavy (non-hydrogen) atoms. The van der Waals surface area contributed by atoms with Gasteiger partial charge in [-0.05, 0) is 24.1 Å². The van der Waals surface area contributed by atoms with Crippen LogP contribution in [-0.4, -0.2) is 13.0 Å². The smallest absolute Gasteiger partial charge is 0.287 e. The van der Waals surface area contributed by atoms with Gasteiger partial charge in [-0.25, -0.2) is 0 Å². The summed E-state index contributed by atoms with van der Waals surface area (Å²) >= 11 is 6.14. The Hall–Kier alpha value is -2.30. The van der Waals surface area contributed by atoms with Gasteiger partial charge >= 0.3 is 0 Å². The van der Waals surface area contributed by atoms with Gasteiger partial charge in [-0.3, -0.25) is 4.79 Å². The second kappa shape index (κ2) is 7.07. The molecule has 0 radical (unpaired) electrons. The minimum Gasteiger partial charge on any atom is -0.449 e. The first-order valence-electron chi connectivity index (χ1n) is 7.63.